The van der Waals surface area contributed by atoms with Gasteiger partial charge in [-0.2, -0.15) is 0 Å². The zero-order valence-electron chi connectivity index (χ0n) is 10.4. The molecule has 3 rings (SSSR count). The van der Waals surface area contributed by atoms with E-state index < -0.39 is 0 Å². The predicted molar refractivity (Wildman–Crippen MR) is 61.7 cm³/mol. The van der Waals surface area contributed by atoms with Crippen LogP contribution in [0.15, 0.2) is 0 Å². The first kappa shape index (κ1) is 10.1. The van der Waals surface area contributed by atoms with E-state index >= 15 is 0 Å². The van der Waals surface area contributed by atoms with E-state index in [2.05, 4.69) is 20.8 Å². The summed E-state index contributed by atoms with van der Waals surface area (Å²) in [5, 5.41) is 0. The van der Waals surface area contributed by atoms with Gasteiger partial charge in [0.2, 0.25) is 0 Å². The molecule has 1 heteroatoms. The number of hydrogen-bond acceptors (Lipinski definition) is 1. The minimum absolute atomic E-state index is 0.261. The summed E-state index contributed by atoms with van der Waals surface area (Å²) in [6.07, 6.45) is 6.86. The molecule has 0 N–H and O–H groups in total. The highest BCUT2D eigenvalue weighted by Gasteiger charge is 2.53. The molecule has 0 amide bonds. The average molecular weight is 208 g/mol. The van der Waals surface area contributed by atoms with Crippen LogP contribution in [-0.2, 0) is 4.74 Å². The van der Waals surface area contributed by atoms with Crippen molar-refractivity contribution in [3.05, 3.63) is 0 Å². The Balaban J connectivity index is 1.78. The summed E-state index contributed by atoms with van der Waals surface area (Å²) >= 11 is 0. The van der Waals surface area contributed by atoms with Crippen molar-refractivity contribution >= 4 is 0 Å². The Hall–Kier alpha value is -0.0400. The molecule has 0 aromatic carbocycles. The Kier molecular flexibility index (Phi) is 2.03. The lowest BCUT2D eigenvalue weighted by Gasteiger charge is -2.34. The van der Waals surface area contributed by atoms with Crippen LogP contribution in [0.25, 0.3) is 0 Å². The third-order valence-corrected chi connectivity index (χ3v) is 5.13. The highest BCUT2D eigenvalue weighted by Crippen LogP contribution is 2.56. The normalized spacial score (nSPS) is 52.6. The van der Waals surface area contributed by atoms with E-state index in [0.717, 1.165) is 24.4 Å². The van der Waals surface area contributed by atoms with Gasteiger partial charge in [0.05, 0.1) is 12.2 Å². The van der Waals surface area contributed by atoms with Gasteiger partial charge in [-0.15, -0.1) is 0 Å². The van der Waals surface area contributed by atoms with Crippen LogP contribution in [0, 0.1) is 23.2 Å². The lowest BCUT2D eigenvalue weighted by Crippen LogP contribution is -2.35. The monoisotopic (exact) mass is 208 g/mol. The molecule has 0 bridgehead atoms. The van der Waals surface area contributed by atoms with Gasteiger partial charge < -0.3 is 4.74 Å². The molecule has 1 nitrogen and oxygen atoms in total. The van der Waals surface area contributed by atoms with Crippen molar-refractivity contribution in [1.82, 2.24) is 0 Å². The Morgan fingerprint density at radius 1 is 1.20 bits per heavy atom. The van der Waals surface area contributed by atoms with E-state index in [9.17, 15) is 0 Å². The largest absolute Gasteiger partial charge is 0.374 e. The van der Waals surface area contributed by atoms with E-state index in [1.165, 1.54) is 32.1 Å². The second kappa shape index (κ2) is 3.00. The number of hydrogen-bond donors (Lipinski definition) is 0. The van der Waals surface area contributed by atoms with Gasteiger partial charge in [-0.25, -0.2) is 0 Å². The van der Waals surface area contributed by atoms with Crippen molar-refractivity contribution in [2.24, 2.45) is 23.2 Å². The zero-order valence-corrected chi connectivity index (χ0v) is 10.4. The van der Waals surface area contributed by atoms with Crippen LogP contribution in [-0.4, -0.2) is 12.2 Å². The van der Waals surface area contributed by atoms with Gasteiger partial charge in [0, 0.05) is 0 Å². The van der Waals surface area contributed by atoms with Gasteiger partial charge in [-0.3, -0.25) is 0 Å². The number of ether oxygens (including phenoxy) is 1. The summed E-state index contributed by atoms with van der Waals surface area (Å²) in [5.41, 5.74) is 0.769. The van der Waals surface area contributed by atoms with Crippen molar-refractivity contribution < 1.29 is 4.74 Å². The molecule has 1 aliphatic heterocycles. The van der Waals surface area contributed by atoms with E-state index in [1.54, 1.807) is 0 Å². The molecule has 15 heavy (non-hydrogen) atoms. The summed E-state index contributed by atoms with van der Waals surface area (Å²) in [4.78, 5) is 0. The van der Waals surface area contributed by atoms with E-state index in [4.69, 9.17) is 4.74 Å². The summed E-state index contributed by atoms with van der Waals surface area (Å²) in [7, 11) is 0. The van der Waals surface area contributed by atoms with Gasteiger partial charge in [0.25, 0.3) is 0 Å². The second-order valence-electron chi connectivity index (χ2n) is 7.12. The third-order valence-electron chi connectivity index (χ3n) is 5.13. The SMILES string of the molecule is CC1CC(C)(C)CC12CCC1CC1CO2. The fourth-order valence-corrected chi connectivity index (χ4v) is 4.24. The average Bonchev–Trinajstić information content (AvgIpc) is 2.81. The third kappa shape index (κ3) is 1.63. The molecule has 3 aliphatic rings. The Morgan fingerprint density at radius 2 is 2.00 bits per heavy atom. The molecule has 1 heterocycles. The standard InChI is InChI=1S/C14H24O/c1-10-7-13(2,3)9-14(10)5-4-11-6-12(11)8-15-14/h10-12H,4-9H2,1-3H3. The number of fused-ring (bicyclic) bond motifs is 1. The molecule has 0 aromatic rings. The highest BCUT2D eigenvalue weighted by molar-refractivity contribution is 5.03. The van der Waals surface area contributed by atoms with Gasteiger partial charge >= 0.3 is 0 Å². The van der Waals surface area contributed by atoms with Crippen LogP contribution in [0.1, 0.15) is 52.9 Å². The van der Waals surface area contributed by atoms with Crippen molar-refractivity contribution in [3.63, 3.8) is 0 Å². The van der Waals surface area contributed by atoms with Crippen LogP contribution < -0.4 is 0 Å². The molecular weight excluding hydrogens is 184 g/mol. The maximum absolute atomic E-state index is 6.35. The highest BCUT2D eigenvalue weighted by atomic mass is 16.5. The smallest absolute Gasteiger partial charge is 0.0713 e. The molecule has 0 radical (unpaired) electrons. The lowest BCUT2D eigenvalue weighted by molar-refractivity contribution is -0.0753. The first-order valence-electron chi connectivity index (χ1n) is 6.65. The van der Waals surface area contributed by atoms with E-state index in [1.807, 2.05) is 0 Å². The molecule has 3 fully saturated rings. The molecule has 1 spiro atoms. The van der Waals surface area contributed by atoms with Gasteiger partial charge in [0.1, 0.15) is 0 Å². The quantitative estimate of drug-likeness (QED) is 0.590. The summed E-state index contributed by atoms with van der Waals surface area (Å²) < 4.78 is 6.35. The van der Waals surface area contributed by atoms with Gasteiger partial charge in [-0.05, 0) is 55.3 Å². The summed E-state index contributed by atoms with van der Waals surface area (Å²) in [6, 6.07) is 0. The number of rotatable bonds is 0. The molecule has 2 saturated carbocycles. The molecule has 4 atom stereocenters. The van der Waals surface area contributed by atoms with Crippen LogP contribution in [0.4, 0.5) is 0 Å². The maximum Gasteiger partial charge on any atom is 0.0713 e. The predicted octanol–water partition coefficient (Wildman–Crippen LogP) is 3.63. The molecule has 86 valence electrons. The zero-order chi connectivity index (χ0) is 10.7. The van der Waals surface area contributed by atoms with Gasteiger partial charge in [0.15, 0.2) is 0 Å². The second-order valence-corrected chi connectivity index (χ2v) is 7.12. The summed E-state index contributed by atoms with van der Waals surface area (Å²) in [6.45, 7) is 8.29. The fraction of sp³-hybridized carbons (Fsp3) is 1.00. The van der Waals surface area contributed by atoms with Crippen molar-refractivity contribution in [2.75, 3.05) is 6.61 Å². The first-order chi connectivity index (χ1) is 7.01. The van der Waals surface area contributed by atoms with E-state index in [-0.39, 0.29) is 5.60 Å². The molecule has 0 aromatic heterocycles. The minimum atomic E-state index is 0.261. The van der Waals surface area contributed by atoms with Crippen molar-refractivity contribution in [2.45, 2.75) is 58.5 Å². The molecular formula is C14H24O. The Bertz CT molecular complexity index is 257. The summed E-state index contributed by atoms with van der Waals surface area (Å²) in [5.74, 6) is 2.73. The Morgan fingerprint density at radius 3 is 2.67 bits per heavy atom. The Labute approximate surface area is 93.6 Å². The van der Waals surface area contributed by atoms with Crippen molar-refractivity contribution in [3.8, 4) is 0 Å². The molecule has 1 saturated heterocycles. The minimum Gasteiger partial charge on any atom is -0.374 e. The molecule has 2 aliphatic carbocycles. The van der Waals surface area contributed by atoms with Crippen LogP contribution >= 0.6 is 0 Å². The van der Waals surface area contributed by atoms with Crippen LogP contribution in [0.5, 0.6) is 0 Å². The van der Waals surface area contributed by atoms with Gasteiger partial charge in [-0.1, -0.05) is 20.8 Å². The molecule has 4 unspecified atom stereocenters. The maximum atomic E-state index is 6.35. The van der Waals surface area contributed by atoms with Crippen LogP contribution in [0.3, 0.4) is 0 Å². The lowest BCUT2D eigenvalue weighted by atomic mass is 9.85. The fourth-order valence-electron chi connectivity index (χ4n) is 4.24. The topological polar surface area (TPSA) is 9.23 Å². The first-order valence-corrected chi connectivity index (χ1v) is 6.65. The van der Waals surface area contributed by atoms with Crippen LogP contribution in [0.2, 0.25) is 0 Å². The van der Waals surface area contributed by atoms with E-state index in [0.29, 0.717) is 5.41 Å². The van der Waals surface area contributed by atoms with Crippen molar-refractivity contribution in [1.29, 1.82) is 0 Å².